The molecule has 1 heterocycles. The molecule has 1 aliphatic heterocycles. The van der Waals surface area contributed by atoms with Gasteiger partial charge in [0.25, 0.3) is 0 Å². The Balaban J connectivity index is 2.80. The highest BCUT2D eigenvalue weighted by molar-refractivity contribution is 8.00. The first-order valence-electron chi connectivity index (χ1n) is 7.37. The van der Waals surface area contributed by atoms with Crippen LogP contribution in [0.2, 0.25) is 0 Å². The Labute approximate surface area is 125 Å². The van der Waals surface area contributed by atoms with Gasteiger partial charge in [-0.15, -0.1) is 11.8 Å². The summed E-state index contributed by atoms with van der Waals surface area (Å²) in [4.78, 5) is 27.2. The zero-order chi connectivity index (χ0) is 15.3. The van der Waals surface area contributed by atoms with Crippen LogP contribution in [0.3, 0.4) is 0 Å². The van der Waals surface area contributed by atoms with Crippen molar-refractivity contribution in [3.05, 3.63) is 0 Å². The molecule has 5 nitrogen and oxygen atoms in total. The van der Waals surface area contributed by atoms with Crippen molar-refractivity contribution in [3.8, 4) is 0 Å². The second-order valence-corrected chi connectivity index (χ2v) is 6.55. The smallest absolute Gasteiger partial charge is 0.327 e. The molecule has 2 unspecified atom stereocenters. The highest BCUT2D eigenvalue weighted by atomic mass is 32.2. The maximum absolute atomic E-state index is 12.6. The molecule has 116 valence electrons. The van der Waals surface area contributed by atoms with E-state index in [1.807, 2.05) is 13.8 Å². The van der Waals surface area contributed by atoms with Gasteiger partial charge in [0, 0.05) is 18.8 Å². The number of carbonyl (C=O) groups excluding carboxylic acids is 1. The van der Waals surface area contributed by atoms with Gasteiger partial charge >= 0.3 is 12.0 Å². The maximum Gasteiger partial charge on any atom is 0.327 e. The second kappa shape index (κ2) is 7.76. The van der Waals surface area contributed by atoms with Crippen LogP contribution in [0, 0.1) is 5.92 Å². The predicted molar refractivity (Wildman–Crippen MR) is 81.9 cm³/mol. The number of carboxylic acid groups (broad SMARTS) is 1. The van der Waals surface area contributed by atoms with Gasteiger partial charge in [0.15, 0.2) is 0 Å². The van der Waals surface area contributed by atoms with Crippen LogP contribution in [-0.2, 0) is 4.79 Å². The van der Waals surface area contributed by atoms with Gasteiger partial charge in [0.05, 0.1) is 5.37 Å². The van der Waals surface area contributed by atoms with Crippen molar-refractivity contribution in [2.45, 2.75) is 52.0 Å². The van der Waals surface area contributed by atoms with Gasteiger partial charge in [0.2, 0.25) is 0 Å². The number of hydrogen-bond donors (Lipinski definition) is 1. The third-order valence-electron chi connectivity index (χ3n) is 4.01. The molecule has 1 aliphatic rings. The molecule has 20 heavy (non-hydrogen) atoms. The van der Waals surface area contributed by atoms with Crippen molar-refractivity contribution < 1.29 is 14.7 Å². The zero-order valence-electron chi connectivity index (χ0n) is 12.8. The third-order valence-corrected chi connectivity index (χ3v) is 5.23. The minimum atomic E-state index is -0.909. The van der Waals surface area contributed by atoms with Crippen LogP contribution < -0.4 is 0 Å². The van der Waals surface area contributed by atoms with E-state index in [1.54, 1.807) is 4.90 Å². The summed E-state index contributed by atoms with van der Waals surface area (Å²) in [5, 5.41) is 9.18. The topological polar surface area (TPSA) is 60.9 Å². The summed E-state index contributed by atoms with van der Waals surface area (Å²) in [6.45, 7) is 9.43. The molecule has 2 atom stereocenters. The fraction of sp³-hybridized carbons (Fsp3) is 0.857. The highest BCUT2D eigenvalue weighted by Crippen LogP contribution is 2.30. The van der Waals surface area contributed by atoms with E-state index in [1.165, 1.54) is 16.7 Å². The maximum atomic E-state index is 12.6. The number of carboxylic acids is 1. The molecule has 0 bridgehead atoms. The largest absolute Gasteiger partial charge is 0.480 e. The van der Waals surface area contributed by atoms with E-state index in [0.29, 0.717) is 24.8 Å². The van der Waals surface area contributed by atoms with Crippen molar-refractivity contribution in [1.29, 1.82) is 0 Å². The van der Waals surface area contributed by atoms with Gasteiger partial charge in [-0.05, 0) is 19.8 Å². The van der Waals surface area contributed by atoms with Crippen LogP contribution in [0.15, 0.2) is 0 Å². The van der Waals surface area contributed by atoms with E-state index in [0.717, 1.165) is 12.8 Å². The molecule has 0 aliphatic carbocycles. The molecule has 2 amide bonds. The monoisotopic (exact) mass is 302 g/mol. The molecule has 1 N–H and O–H groups in total. The van der Waals surface area contributed by atoms with E-state index in [2.05, 4.69) is 13.8 Å². The quantitative estimate of drug-likeness (QED) is 0.819. The van der Waals surface area contributed by atoms with E-state index >= 15 is 0 Å². The molecule has 6 heteroatoms. The van der Waals surface area contributed by atoms with Crippen molar-refractivity contribution in [2.75, 3.05) is 18.8 Å². The Morgan fingerprint density at radius 3 is 2.40 bits per heavy atom. The van der Waals surface area contributed by atoms with Crippen molar-refractivity contribution >= 4 is 23.8 Å². The fourth-order valence-corrected chi connectivity index (χ4v) is 3.65. The lowest BCUT2D eigenvalue weighted by molar-refractivity contribution is -0.141. The third kappa shape index (κ3) is 3.81. The molecule has 0 spiro atoms. The fourth-order valence-electron chi connectivity index (χ4n) is 2.49. The number of nitrogens with zero attached hydrogens (tertiary/aromatic N) is 2. The number of carbonyl (C=O) groups is 2. The summed E-state index contributed by atoms with van der Waals surface area (Å²) in [6.07, 6.45) is 2.07. The summed E-state index contributed by atoms with van der Waals surface area (Å²) in [7, 11) is 0. The molecular formula is C14H26N2O3S. The average Bonchev–Trinajstić information content (AvgIpc) is 2.81. The molecule has 1 fully saturated rings. The number of rotatable bonds is 6. The molecule has 0 aromatic heterocycles. The van der Waals surface area contributed by atoms with E-state index in [-0.39, 0.29) is 11.4 Å². The van der Waals surface area contributed by atoms with Gasteiger partial charge in [-0.2, -0.15) is 0 Å². The predicted octanol–water partition coefficient (Wildman–Crippen LogP) is 2.71. The summed E-state index contributed by atoms with van der Waals surface area (Å²) >= 11 is 1.53. The number of amides is 2. The SMILES string of the molecule is CCC(CC)CN(CC)C(=O)N1C(C)SCC1C(=O)O. The van der Waals surface area contributed by atoms with E-state index in [9.17, 15) is 14.7 Å². The van der Waals surface area contributed by atoms with Gasteiger partial charge in [-0.3, -0.25) is 4.90 Å². The Hall–Kier alpha value is -0.910. The van der Waals surface area contributed by atoms with Gasteiger partial charge in [0.1, 0.15) is 6.04 Å². The van der Waals surface area contributed by atoms with Crippen LogP contribution in [0.1, 0.15) is 40.5 Å². The second-order valence-electron chi connectivity index (χ2n) is 5.20. The Bertz CT molecular complexity index is 347. The molecule has 1 saturated heterocycles. The van der Waals surface area contributed by atoms with Gasteiger partial charge in [-0.1, -0.05) is 26.7 Å². The lowest BCUT2D eigenvalue weighted by Crippen LogP contribution is -2.52. The van der Waals surface area contributed by atoms with Gasteiger partial charge in [-0.25, -0.2) is 9.59 Å². The van der Waals surface area contributed by atoms with E-state index < -0.39 is 12.0 Å². The van der Waals surface area contributed by atoms with Crippen LogP contribution in [-0.4, -0.2) is 57.2 Å². The molecule has 0 aromatic rings. The van der Waals surface area contributed by atoms with Crippen LogP contribution in [0.5, 0.6) is 0 Å². The summed E-state index contributed by atoms with van der Waals surface area (Å²) in [5.74, 6) is 0.0478. The Kier molecular flexibility index (Phi) is 6.65. The minimum Gasteiger partial charge on any atom is -0.480 e. The highest BCUT2D eigenvalue weighted by Gasteiger charge is 2.41. The number of hydrogen-bond acceptors (Lipinski definition) is 3. The Morgan fingerprint density at radius 1 is 1.35 bits per heavy atom. The van der Waals surface area contributed by atoms with Crippen LogP contribution >= 0.6 is 11.8 Å². The van der Waals surface area contributed by atoms with Gasteiger partial charge < -0.3 is 10.0 Å². The van der Waals surface area contributed by atoms with Crippen LogP contribution in [0.25, 0.3) is 0 Å². The average molecular weight is 302 g/mol. The minimum absolute atomic E-state index is 0.0700. The van der Waals surface area contributed by atoms with Crippen molar-refractivity contribution in [2.24, 2.45) is 5.92 Å². The van der Waals surface area contributed by atoms with Crippen molar-refractivity contribution in [3.63, 3.8) is 0 Å². The summed E-state index contributed by atoms with van der Waals surface area (Å²) < 4.78 is 0. The summed E-state index contributed by atoms with van der Waals surface area (Å²) in [5.41, 5.74) is 0. The molecule has 0 radical (unpaired) electrons. The standard InChI is InChI=1S/C14H26N2O3S/c1-5-11(6-2)8-15(7-3)14(19)16-10(4)20-9-12(16)13(17)18/h10-12H,5-9H2,1-4H3,(H,17,18). The Morgan fingerprint density at radius 2 is 1.95 bits per heavy atom. The molecule has 1 rings (SSSR count). The first-order valence-corrected chi connectivity index (χ1v) is 8.42. The first-order chi connectivity index (χ1) is 9.46. The number of aliphatic carboxylic acids is 1. The zero-order valence-corrected chi connectivity index (χ0v) is 13.7. The lowest BCUT2D eigenvalue weighted by Gasteiger charge is -2.33. The molecular weight excluding hydrogens is 276 g/mol. The first kappa shape index (κ1) is 17.1. The molecule has 0 aromatic carbocycles. The van der Waals surface area contributed by atoms with E-state index in [4.69, 9.17) is 0 Å². The van der Waals surface area contributed by atoms with Crippen molar-refractivity contribution in [1.82, 2.24) is 9.80 Å². The normalized spacial score (nSPS) is 22.4. The number of thioether (sulfide) groups is 1. The number of urea groups is 1. The molecule has 0 saturated carbocycles. The van der Waals surface area contributed by atoms with Crippen LogP contribution in [0.4, 0.5) is 4.79 Å². The summed E-state index contributed by atoms with van der Waals surface area (Å²) in [6, 6.07) is -0.831. The lowest BCUT2D eigenvalue weighted by atomic mass is 10.0.